The maximum Gasteiger partial charge on any atom is 0.322 e. The largest absolute Gasteiger partial charge is 0.337 e. The summed E-state index contributed by atoms with van der Waals surface area (Å²) in [6.45, 7) is 1.42. The molecule has 1 atom stereocenters. The van der Waals surface area contributed by atoms with Crippen molar-refractivity contribution in [2.75, 3.05) is 11.9 Å². The first kappa shape index (κ1) is 16.4. The van der Waals surface area contributed by atoms with Crippen LogP contribution >= 0.6 is 0 Å². The molecule has 5 nitrogen and oxygen atoms in total. The number of rotatable bonds is 4. The van der Waals surface area contributed by atoms with Gasteiger partial charge in [0.1, 0.15) is 11.6 Å². The van der Waals surface area contributed by atoms with Gasteiger partial charge in [-0.1, -0.05) is 0 Å². The Bertz CT molecular complexity index is 690. The molecular weight excluding hydrogens is 314 g/mol. The van der Waals surface area contributed by atoms with Crippen molar-refractivity contribution in [2.24, 2.45) is 0 Å². The minimum atomic E-state index is -0.768. The van der Waals surface area contributed by atoms with Gasteiger partial charge in [-0.15, -0.1) is 0 Å². The molecule has 2 aromatic rings. The number of nitrogens with one attached hydrogen (secondary N) is 1. The first-order chi connectivity index (χ1) is 11.6. The van der Waals surface area contributed by atoms with Gasteiger partial charge in [-0.05, 0) is 37.8 Å². The Morgan fingerprint density at radius 1 is 1.33 bits per heavy atom. The summed E-state index contributed by atoms with van der Waals surface area (Å²) in [6, 6.07) is 2.90. The lowest BCUT2D eigenvalue weighted by atomic mass is 9.99. The van der Waals surface area contributed by atoms with E-state index in [0.29, 0.717) is 6.54 Å². The topological polar surface area (TPSA) is 50.2 Å². The minimum absolute atomic E-state index is 0.000308. The molecule has 0 radical (unpaired) electrons. The van der Waals surface area contributed by atoms with E-state index in [0.717, 1.165) is 44.4 Å². The maximum atomic E-state index is 13.7. The Morgan fingerprint density at radius 2 is 2.21 bits per heavy atom. The SMILES string of the molecule is O=C(Nc1ccc(F)cc1F)N1CCCC[C@@H]1CCn1ccnc1. The molecule has 2 amide bonds. The Hall–Kier alpha value is -2.44. The van der Waals surface area contributed by atoms with Crippen molar-refractivity contribution in [3.63, 3.8) is 0 Å². The molecule has 1 saturated heterocycles. The predicted octanol–water partition coefficient (Wildman–Crippen LogP) is 3.64. The standard InChI is InChI=1S/C17H20F2N4O/c18-13-4-5-16(15(19)11-13)21-17(24)23-8-2-1-3-14(23)6-9-22-10-7-20-12-22/h4-5,7,10-12,14H,1-3,6,8-9H2,(H,21,24)/t14-/m1/s1. The second kappa shape index (κ2) is 7.42. The number of carbonyl (C=O) groups is 1. The van der Waals surface area contributed by atoms with Gasteiger partial charge >= 0.3 is 6.03 Å². The summed E-state index contributed by atoms with van der Waals surface area (Å²) in [5, 5.41) is 2.56. The first-order valence-corrected chi connectivity index (χ1v) is 8.12. The Balaban J connectivity index is 1.64. The number of aromatic nitrogens is 2. The number of aryl methyl sites for hydroxylation is 1. The number of benzene rings is 1. The third-order valence-electron chi connectivity index (χ3n) is 4.34. The smallest absolute Gasteiger partial charge is 0.322 e. The van der Waals surface area contributed by atoms with Gasteiger partial charge in [-0.2, -0.15) is 0 Å². The van der Waals surface area contributed by atoms with Crippen molar-refractivity contribution in [3.8, 4) is 0 Å². The zero-order chi connectivity index (χ0) is 16.9. The number of anilines is 1. The molecule has 1 N–H and O–H groups in total. The highest BCUT2D eigenvalue weighted by Crippen LogP contribution is 2.22. The lowest BCUT2D eigenvalue weighted by Gasteiger charge is -2.36. The van der Waals surface area contributed by atoms with E-state index < -0.39 is 11.6 Å². The van der Waals surface area contributed by atoms with E-state index in [1.165, 1.54) is 6.07 Å². The van der Waals surface area contributed by atoms with Crippen LogP contribution in [-0.2, 0) is 6.54 Å². The molecule has 7 heteroatoms. The van der Waals surface area contributed by atoms with Crippen molar-refractivity contribution in [2.45, 2.75) is 38.3 Å². The summed E-state index contributed by atoms with van der Waals surface area (Å²) < 4.78 is 28.7. The zero-order valence-corrected chi connectivity index (χ0v) is 13.3. The molecule has 0 aliphatic carbocycles. The summed E-state index contributed by atoms with van der Waals surface area (Å²) >= 11 is 0. The summed E-state index contributed by atoms with van der Waals surface area (Å²) in [7, 11) is 0. The molecular formula is C17H20F2N4O. The van der Waals surface area contributed by atoms with E-state index in [1.54, 1.807) is 17.4 Å². The van der Waals surface area contributed by atoms with Crippen molar-refractivity contribution >= 4 is 11.7 Å². The molecule has 1 fully saturated rings. The van der Waals surface area contributed by atoms with Crippen LogP contribution in [0.3, 0.4) is 0 Å². The van der Waals surface area contributed by atoms with E-state index >= 15 is 0 Å². The van der Waals surface area contributed by atoms with Crippen LogP contribution in [0, 0.1) is 11.6 Å². The number of halogens is 2. The molecule has 24 heavy (non-hydrogen) atoms. The number of imidazole rings is 1. The molecule has 1 aromatic carbocycles. The molecule has 1 aromatic heterocycles. The fourth-order valence-electron chi connectivity index (χ4n) is 3.06. The van der Waals surface area contributed by atoms with Gasteiger partial charge < -0.3 is 14.8 Å². The normalized spacial score (nSPS) is 17.8. The van der Waals surface area contributed by atoms with Gasteiger partial charge in [0, 0.05) is 37.6 Å². The van der Waals surface area contributed by atoms with E-state index in [-0.39, 0.29) is 17.8 Å². The van der Waals surface area contributed by atoms with Crippen LogP contribution in [-0.4, -0.2) is 33.1 Å². The summed E-state index contributed by atoms with van der Waals surface area (Å²) in [5.74, 6) is -1.43. The average Bonchev–Trinajstić information content (AvgIpc) is 3.09. The van der Waals surface area contributed by atoms with Gasteiger partial charge in [0.15, 0.2) is 0 Å². The van der Waals surface area contributed by atoms with E-state index in [9.17, 15) is 13.6 Å². The maximum absolute atomic E-state index is 13.7. The fourth-order valence-corrected chi connectivity index (χ4v) is 3.06. The van der Waals surface area contributed by atoms with E-state index in [2.05, 4.69) is 10.3 Å². The molecule has 1 aliphatic heterocycles. The highest BCUT2D eigenvalue weighted by Gasteiger charge is 2.27. The number of amides is 2. The third kappa shape index (κ3) is 3.90. The average molecular weight is 334 g/mol. The molecule has 128 valence electrons. The van der Waals surface area contributed by atoms with Crippen LogP contribution in [0.2, 0.25) is 0 Å². The summed E-state index contributed by atoms with van der Waals surface area (Å²) in [4.78, 5) is 18.3. The Kier molecular flexibility index (Phi) is 5.08. The Labute approximate surface area is 139 Å². The number of hydrogen-bond donors (Lipinski definition) is 1. The number of carbonyl (C=O) groups excluding carboxylic acids is 1. The van der Waals surface area contributed by atoms with E-state index in [1.807, 2.05) is 10.8 Å². The third-order valence-corrected chi connectivity index (χ3v) is 4.34. The van der Waals surface area contributed by atoms with Crippen LogP contribution in [0.25, 0.3) is 0 Å². The molecule has 0 spiro atoms. The zero-order valence-electron chi connectivity index (χ0n) is 13.3. The molecule has 0 saturated carbocycles. The van der Waals surface area contributed by atoms with Gasteiger partial charge in [0.25, 0.3) is 0 Å². The quantitative estimate of drug-likeness (QED) is 0.928. The number of likely N-dealkylation sites (tertiary alicyclic amines) is 1. The first-order valence-electron chi connectivity index (χ1n) is 8.12. The molecule has 0 unspecified atom stereocenters. The van der Waals surface area contributed by atoms with Crippen molar-refractivity contribution in [1.29, 1.82) is 0 Å². The second-order valence-corrected chi connectivity index (χ2v) is 5.99. The number of piperidine rings is 1. The van der Waals surface area contributed by atoms with Crippen LogP contribution in [0.5, 0.6) is 0 Å². The van der Waals surface area contributed by atoms with Crippen LogP contribution in [0.15, 0.2) is 36.9 Å². The molecule has 2 heterocycles. The van der Waals surface area contributed by atoms with Gasteiger partial charge in [-0.25, -0.2) is 18.6 Å². The lowest BCUT2D eigenvalue weighted by Crippen LogP contribution is -2.46. The number of hydrogen-bond acceptors (Lipinski definition) is 2. The van der Waals surface area contributed by atoms with Crippen molar-refractivity contribution < 1.29 is 13.6 Å². The van der Waals surface area contributed by atoms with Gasteiger partial charge in [-0.3, -0.25) is 0 Å². The van der Waals surface area contributed by atoms with Crippen LogP contribution in [0.1, 0.15) is 25.7 Å². The highest BCUT2D eigenvalue weighted by atomic mass is 19.1. The van der Waals surface area contributed by atoms with Crippen molar-refractivity contribution in [3.05, 3.63) is 48.6 Å². The Morgan fingerprint density at radius 3 is 2.96 bits per heavy atom. The number of urea groups is 1. The van der Waals surface area contributed by atoms with Crippen molar-refractivity contribution in [1.82, 2.24) is 14.5 Å². The number of nitrogens with zero attached hydrogens (tertiary/aromatic N) is 3. The van der Waals surface area contributed by atoms with Crippen LogP contribution in [0.4, 0.5) is 19.3 Å². The highest BCUT2D eigenvalue weighted by molar-refractivity contribution is 5.89. The lowest BCUT2D eigenvalue weighted by molar-refractivity contribution is 0.155. The van der Waals surface area contributed by atoms with Gasteiger partial charge in [0.05, 0.1) is 12.0 Å². The van der Waals surface area contributed by atoms with E-state index in [4.69, 9.17) is 0 Å². The van der Waals surface area contributed by atoms with Gasteiger partial charge in [0.2, 0.25) is 0 Å². The predicted molar refractivity (Wildman–Crippen MR) is 86.6 cm³/mol. The summed E-state index contributed by atoms with van der Waals surface area (Å²) in [6.07, 6.45) is 9.11. The molecule has 1 aliphatic rings. The molecule has 3 rings (SSSR count). The minimum Gasteiger partial charge on any atom is -0.337 e. The monoisotopic (exact) mass is 334 g/mol. The van der Waals surface area contributed by atoms with Crippen LogP contribution < -0.4 is 5.32 Å². The molecule has 0 bridgehead atoms. The summed E-state index contributed by atoms with van der Waals surface area (Å²) in [5.41, 5.74) is 0.000308. The fraction of sp³-hybridized carbons (Fsp3) is 0.412. The second-order valence-electron chi connectivity index (χ2n) is 5.99.